The van der Waals surface area contributed by atoms with E-state index in [1.54, 1.807) is 0 Å². The molecule has 0 saturated heterocycles. The number of benzene rings is 1. The topological polar surface area (TPSA) is 182 Å². The fourth-order valence-electron chi connectivity index (χ4n) is 5.24. The first kappa shape index (κ1) is 22.3. The number of nitrogens with two attached hydrogens (primary N) is 1. The van der Waals surface area contributed by atoms with Gasteiger partial charge in [-0.05, 0) is 32.6 Å². The third kappa shape index (κ3) is 2.61. The lowest BCUT2D eigenvalue weighted by molar-refractivity contribution is -0.155. The van der Waals surface area contributed by atoms with Gasteiger partial charge in [-0.1, -0.05) is 11.6 Å². The lowest BCUT2D eigenvalue weighted by Crippen LogP contribution is -2.66. The van der Waals surface area contributed by atoms with Crippen molar-refractivity contribution >= 4 is 34.8 Å². The Morgan fingerprint density at radius 1 is 1.22 bits per heavy atom. The molecule has 0 aliphatic heterocycles. The molecule has 1 aromatic carbocycles. The van der Waals surface area contributed by atoms with E-state index in [2.05, 4.69) is 0 Å². The van der Waals surface area contributed by atoms with E-state index in [9.17, 15) is 39.9 Å². The van der Waals surface area contributed by atoms with Crippen LogP contribution < -0.4 is 5.73 Å². The molecule has 0 spiro atoms. The Hall–Kier alpha value is -2.92. The van der Waals surface area contributed by atoms with E-state index in [0.717, 1.165) is 0 Å². The van der Waals surface area contributed by atoms with Gasteiger partial charge in [-0.15, -0.1) is 0 Å². The Bertz CT molecular complexity index is 1160. The van der Waals surface area contributed by atoms with Gasteiger partial charge in [0.05, 0.1) is 17.7 Å². The van der Waals surface area contributed by atoms with Crippen LogP contribution in [0.1, 0.15) is 23.7 Å². The second-order valence-electron chi connectivity index (χ2n) is 8.47. The number of halogens is 1. The van der Waals surface area contributed by atoms with E-state index < -0.39 is 75.5 Å². The first-order chi connectivity index (χ1) is 14.8. The molecule has 1 aromatic rings. The third-order valence-electron chi connectivity index (χ3n) is 6.64. The molecule has 5 atom stereocenters. The maximum atomic E-state index is 13.6. The lowest BCUT2D eigenvalue weighted by Gasteiger charge is -2.51. The molecular weight excluding hydrogens is 444 g/mol. The van der Waals surface area contributed by atoms with Crippen LogP contribution >= 0.6 is 11.6 Å². The van der Waals surface area contributed by atoms with Gasteiger partial charge >= 0.3 is 0 Å². The molecule has 0 heterocycles. The molecule has 170 valence electrons. The number of Topliss-reactive ketones (excluding diaryl/α,β-unsaturated/α-hetero) is 2. The average molecular weight is 465 g/mol. The lowest BCUT2D eigenvalue weighted by atomic mass is 9.57. The number of carbonyl (C=O) groups excluding carboxylic acids is 3. The van der Waals surface area contributed by atoms with Gasteiger partial charge in [0.1, 0.15) is 22.8 Å². The molecule has 0 bridgehead atoms. The maximum absolute atomic E-state index is 13.6. The highest BCUT2D eigenvalue weighted by Gasteiger charge is 2.65. The second kappa shape index (κ2) is 7.04. The number of rotatable bonds is 2. The summed E-state index contributed by atoms with van der Waals surface area (Å²) < 4.78 is 0. The molecule has 3 aliphatic rings. The number of hydrogen-bond acceptors (Lipinski definition) is 9. The minimum absolute atomic E-state index is 0.00251. The minimum Gasteiger partial charge on any atom is -0.508 e. The van der Waals surface area contributed by atoms with Crippen molar-refractivity contribution in [3.8, 4) is 5.75 Å². The first-order valence-electron chi connectivity index (χ1n) is 9.69. The number of likely N-dealkylation sites (N-methyl/N-ethyl adjacent to an activating group) is 1. The normalized spacial score (nSPS) is 32.1. The quantitative estimate of drug-likeness (QED) is 0.331. The van der Waals surface area contributed by atoms with Crippen molar-refractivity contribution in [1.29, 1.82) is 0 Å². The van der Waals surface area contributed by atoms with Crippen molar-refractivity contribution in [2.45, 2.75) is 24.2 Å². The maximum Gasteiger partial charge on any atom is 0.255 e. The summed E-state index contributed by atoms with van der Waals surface area (Å²) in [5.74, 6) is -8.19. The predicted octanol–water partition coefficient (Wildman–Crippen LogP) is 0.108. The highest BCUT2D eigenvalue weighted by Crippen LogP contribution is 2.56. The number of aliphatic hydroxyl groups is 4. The number of aromatic hydroxyl groups is 1. The summed E-state index contributed by atoms with van der Waals surface area (Å²) in [4.78, 5) is 39.8. The number of phenolic OH excluding ortho intramolecular Hbond substituents is 1. The smallest absolute Gasteiger partial charge is 0.255 e. The molecule has 1 saturated carbocycles. The van der Waals surface area contributed by atoms with Crippen LogP contribution in [0.2, 0.25) is 5.02 Å². The van der Waals surface area contributed by atoms with E-state index in [0.29, 0.717) is 0 Å². The number of primary amides is 1. The fraction of sp³-hybridized carbons (Fsp3) is 0.381. The Balaban J connectivity index is 2.03. The summed E-state index contributed by atoms with van der Waals surface area (Å²) in [5.41, 5.74) is 0.845. The Labute approximate surface area is 186 Å². The highest BCUT2D eigenvalue weighted by molar-refractivity contribution is 6.32. The van der Waals surface area contributed by atoms with E-state index >= 15 is 0 Å². The highest BCUT2D eigenvalue weighted by atomic mass is 35.5. The van der Waals surface area contributed by atoms with Crippen molar-refractivity contribution in [3.63, 3.8) is 0 Å². The number of hydrogen-bond donors (Lipinski definition) is 6. The summed E-state index contributed by atoms with van der Waals surface area (Å²) >= 11 is 6.19. The monoisotopic (exact) mass is 464 g/mol. The number of fused-ring (bicyclic) bond motifs is 3. The van der Waals surface area contributed by atoms with Gasteiger partial charge in [-0.3, -0.25) is 19.3 Å². The van der Waals surface area contributed by atoms with Gasteiger partial charge in [-0.2, -0.15) is 0 Å². The van der Waals surface area contributed by atoms with Crippen LogP contribution in [0.5, 0.6) is 5.75 Å². The van der Waals surface area contributed by atoms with Crippen LogP contribution in [0.25, 0.3) is 5.76 Å². The number of phenols is 1. The van der Waals surface area contributed by atoms with E-state index in [1.165, 1.54) is 31.1 Å². The van der Waals surface area contributed by atoms with Gasteiger partial charge in [0, 0.05) is 28.0 Å². The molecule has 0 unspecified atom stereocenters. The van der Waals surface area contributed by atoms with Crippen molar-refractivity contribution in [1.82, 2.24) is 4.90 Å². The van der Waals surface area contributed by atoms with Gasteiger partial charge in [0.15, 0.2) is 11.4 Å². The predicted molar refractivity (Wildman–Crippen MR) is 111 cm³/mol. The summed E-state index contributed by atoms with van der Waals surface area (Å²) in [7, 11) is 2.97. The van der Waals surface area contributed by atoms with Crippen molar-refractivity contribution < 1.29 is 39.9 Å². The van der Waals surface area contributed by atoms with Crippen LogP contribution in [0, 0.1) is 11.8 Å². The second-order valence-corrected chi connectivity index (χ2v) is 8.87. The molecule has 1 amide bonds. The number of carbonyl (C=O) groups is 3. The molecule has 3 aliphatic carbocycles. The van der Waals surface area contributed by atoms with Gasteiger partial charge < -0.3 is 31.3 Å². The zero-order valence-electron chi connectivity index (χ0n) is 17.0. The fourth-order valence-corrected chi connectivity index (χ4v) is 5.51. The van der Waals surface area contributed by atoms with E-state index in [1.807, 2.05) is 0 Å². The molecule has 32 heavy (non-hydrogen) atoms. The van der Waals surface area contributed by atoms with Crippen LogP contribution in [0.3, 0.4) is 0 Å². The zero-order chi connectivity index (χ0) is 23.9. The van der Waals surface area contributed by atoms with E-state index in [4.69, 9.17) is 17.3 Å². The van der Waals surface area contributed by atoms with Crippen molar-refractivity contribution in [2.75, 3.05) is 14.1 Å². The third-order valence-corrected chi connectivity index (χ3v) is 6.97. The summed E-state index contributed by atoms with van der Waals surface area (Å²) in [6, 6.07) is 1.25. The van der Waals surface area contributed by atoms with Gasteiger partial charge in [0.2, 0.25) is 5.78 Å². The number of aliphatic hydroxyl groups excluding tert-OH is 3. The molecule has 11 heteroatoms. The minimum atomic E-state index is -2.77. The number of ketones is 2. The van der Waals surface area contributed by atoms with Crippen LogP contribution in [-0.2, 0) is 14.4 Å². The molecule has 0 radical (unpaired) electrons. The average Bonchev–Trinajstić information content (AvgIpc) is 2.69. The zero-order valence-corrected chi connectivity index (χ0v) is 17.8. The number of amides is 1. The first-order valence-corrected chi connectivity index (χ1v) is 10.1. The summed E-state index contributed by atoms with van der Waals surface area (Å²) in [6.07, 6.45) is -1.70. The molecule has 7 N–H and O–H groups in total. The summed E-state index contributed by atoms with van der Waals surface area (Å²) in [6.45, 7) is 0. The Morgan fingerprint density at radius 2 is 1.84 bits per heavy atom. The molecule has 4 rings (SSSR count). The standard InChI is InChI=1S/C21H21ClN2O8/c1-24(2)14-7-5-6-10(16(27)12-9(25)4-3-8(22)11(12)15(6)26)18(29)21(7,32)19(30)13(17(14)28)20(23)31/h3-4,6-7,14-15,25-27,30,32H,5H2,1-2H3,(H2,23,31)/t6-,7-,14-,15-,21-/m0/s1. The Morgan fingerprint density at radius 3 is 2.41 bits per heavy atom. The van der Waals surface area contributed by atoms with Crippen LogP contribution in [0.15, 0.2) is 29.0 Å². The van der Waals surface area contributed by atoms with E-state index in [-0.39, 0.29) is 22.6 Å². The largest absolute Gasteiger partial charge is 0.508 e. The number of nitrogens with zero attached hydrogens (tertiary/aromatic N) is 1. The van der Waals surface area contributed by atoms with Crippen molar-refractivity contribution in [2.24, 2.45) is 17.6 Å². The van der Waals surface area contributed by atoms with Gasteiger partial charge in [-0.25, -0.2) is 0 Å². The molecule has 1 fully saturated rings. The molecular formula is C21H21ClN2O8. The SMILES string of the molecule is CN(C)[C@@H]1C(=O)C(C(N)=O)=C(O)[C@@]2(O)C(=O)C3=C(O)c4c(O)ccc(Cl)c4[C@@H](O)[C@H]3C[C@@H]12. The van der Waals surface area contributed by atoms with Gasteiger partial charge in [0.25, 0.3) is 5.91 Å². The van der Waals surface area contributed by atoms with Crippen molar-refractivity contribution in [3.05, 3.63) is 45.2 Å². The molecule has 0 aromatic heterocycles. The summed E-state index contributed by atoms with van der Waals surface area (Å²) in [5, 5.41) is 54.4. The molecule has 10 nitrogen and oxygen atoms in total. The van der Waals surface area contributed by atoms with Crippen LogP contribution in [-0.4, -0.2) is 73.6 Å². The Kier molecular flexibility index (Phi) is 4.90. The van der Waals surface area contributed by atoms with Crippen LogP contribution in [0.4, 0.5) is 0 Å².